The van der Waals surface area contributed by atoms with Gasteiger partial charge in [0.2, 0.25) is 0 Å². The number of carbonyl (C=O) groups excluding carboxylic acids is 2. The van der Waals surface area contributed by atoms with Crippen molar-refractivity contribution in [3.8, 4) is 11.1 Å². The largest absolute Gasteiger partial charge is 0.458 e. The monoisotopic (exact) mass is 507 g/mol. The number of hydrogen-bond donors (Lipinski definition) is 0. The lowest BCUT2D eigenvalue weighted by Gasteiger charge is -2.28. The molecule has 0 heterocycles. The van der Waals surface area contributed by atoms with Crippen LogP contribution >= 0.6 is 22.6 Å². The zero-order chi connectivity index (χ0) is 21.2. The number of rotatable bonds is 5. The summed E-state index contributed by atoms with van der Waals surface area (Å²) in [6, 6.07) is 15.7. The second-order valence-electron chi connectivity index (χ2n) is 8.12. The van der Waals surface area contributed by atoms with Gasteiger partial charge in [-0.25, -0.2) is 9.59 Å². The number of likely N-dealkylation sites (N-methyl/N-ethyl adjacent to an activating group) is 1. The van der Waals surface area contributed by atoms with Crippen LogP contribution in [-0.4, -0.2) is 46.7 Å². The van der Waals surface area contributed by atoms with Crippen molar-refractivity contribution >= 4 is 34.7 Å². The Balaban J connectivity index is 1.71. The fourth-order valence-corrected chi connectivity index (χ4v) is 4.47. The Morgan fingerprint density at radius 3 is 2.03 bits per heavy atom. The molecule has 0 radical (unpaired) electrons. The van der Waals surface area contributed by atoms with Crippen LogP contribution in [0.2, 0.25) is 0 Å². The smallest absolute Gasteiger partial charge is 0.410 e. The van der Waals surface area contributed by atoms with Gasteiger partial charge < -0.3 is 9.47 Å². The minimum atomic E-state index is -0.689. The Morgan fingerprint density at radius 2 is 1.55 bits per heavy atom. The molecule has 29 heavy (non-hydrogen) atoms. The van der Waals surface area contributed by atoms with E-state index in [2.05, 4.69) is 46.9 Å². The van der Waals surface area contributed by atoms with Gasteiger partial charge in [0, 0.05) is 17.4 Å². The number of alkyl halides is 1. The SMILES string of the molecule is CN(C(=O)OCC1c2ccccc2-c2ccccc21)[C@@H](CI)C(=O)OC(C)(C)C. The average molecular weight is 507 g/mol. The number of halogens is 1. The van der Waals surface area contributed by atoms with Crippen molar-refractivity contribution in [2.24, 2.45) is 0 Å². The van der Waals surface area contributed by atoms with Crippen LogP contribution in [0.5, 0.6) is 0 Å². The summed E-state index contributed by atoms with van der Waals surface area (Å²) in [5.74, 6) is -0.442. The maximum absolute atomic E-state index is 12.7. The van der Waals surface area contributed by atoms with Crippen LogP contribution in [-0.2, 0) is 14.3 Å². The van der Waals surface area contributed by atoms with Crippen molar-refractivity contribution in [2.75, 3.05) is 18.1 Å². The van der Waals surface area contributed by atoms with Gasteiger partial charge >= 0.3 is 12.1 Å². The Morgan fingerprint density at radius 1 is 1.03 bits per heavy atom. The number of benzene rings is 2. The summed E-state index contributed by atoms with van der Waals surface area (Å²) >= 11 is 2.08. The molecule has 0 saturated carbocycles. The Hall–Kier alpha value is -2.09. The molecule has 2 aromatic carbocycles. The van der Waals surface area contributed by atoms with E-state index in [9.17, 15) is 9.59 Å². The molecule has 6 heteroatoms. The summed E-state index contributed by atoms with van der Waals surface area (Å²) in [6.07, 6.45) is -0.528. The lowest BCUT2D eigenvalue weighted by molar-refractivity contribution is -0.159. The highest BCUT2D eigenvalue weighted by molar-refractivity contribution is 14.1. The molecule has 0 spiro atoms. The van der Waals surface area contributed by atoms with Gasteiger partial charge in [-0.3, -0.25) is 4.90 Å². The Labute approximate surface area is 185 Å². The predicted molar refractivity (Wildman–Crippen MR) is 121 cm³/mol. The first-order valence-electron chi connectivity index (χ1n) is 9.59. The molecular formula is C23H26INO4. The molecule has 1 aliphatic rings. The number of hydrogen-bond acceptors (Lipinski definition) is 4. The van der Waals surface area contributed by atoms with Crippen molar-refractivity contribution in [1.29, 1.82) is 0 Å². The third-order valence-corrected chi connectivity index (χ3v) is 5.75. The van der Waals surface area contributed by atoms with Gasteiger partial charge in [0.15, 0.2) is 0 Å². The number of carbonyl (C=O) groups is 2. The molecule has 154 valence electrons. The molecule has 5 nitrogen and oxygen atoms in total. The van der Waals surface area contributed by atoms with E-state index in [0.717, 1.165) is 11.1 Å². The molecule has 2 aromatic rings. The Bertz CT molecular complexity index is 860. The third kappa shape index (κ3) is 4.74. The quantitative estimate of drug-likeness (QED) is 0.324. The summed E-state index contributed by atoms with van der Waals surface area (Å²) in [6.45, 7) is 5.65. The number of ether oxygens (including phenoxy) is 2. The van der Waals surface area contributed by atoms with E-state index in [1.807, 2.05) is 45.0 Å². The van der Waals surface area contributed by atoms with Gasteiger partial charge in [0.05, 0.1) is 0 Å². The summed E-state index contributed by atoms with van der Waals surface area (Å²) < 4.78 is 11.5. The fourth-order valence-electron chi connectivity index (χ4n) is 3.52. The van der Waals surface area contributed by atoms with Gasteiger partial charge in [0.25, 0.3) is 0 Å². The zero-order valence-electron chi connectivity index (χ0n) is 17.1. The van der Waals surface area contributed by atoms with Crippen molar-refractivity contribution in [1.82, 2.24) is 4.90 Å². The molecule has 0 bridgehead atoms. The van der Waals surface area contributed by atoms with Gasteiger partial charge in [-0.2, -0.15) is 0 Å². The van der Waals surface area contributed by atoms with Gasteiger partial charge in [0.1, 0.15) is 18.2 Å². The molecule has 1 amide bonds. The van der Waals surface area contributed by atoms with Gasteiger partial charge in [-0.05, 0) is 43.0 Å². The first-order valence-corrected chi connectivity index (χ1v) is 11.1. The van der Waals surface area contributed by atoms with Crippen LogP contribution < -0.4 is 0 Å². The summed E-state index contributed by atoms with van der Waals surface area (Å²) in [5.41, 5.74) is 4.06. The first-order chi connectivity index (χ1) is 13.7. The molecule has 0 fully saturated rings. The van der Waals surface area contributed by atoms with Gasteiger partial charge in [-0.15, -0.1) is 0 Å². The fraction of sp³-hybridized carbons (Fsp3) is 0.391. The van der Waals surface area contributed by atoms with E-state index in [4.69, 9.17) is 9.47 Å². The van der Waals surface area contributed by atoms with E-state index < -0.39 is 23.7 Å². The maximum Gasteiger partial charge on any atom is 0.410 e. The molecule has 0 saturated heterocycles. The number of nitrogens with zero attached hydrogens (tertiary/aromatic N) is 1. The van der Waals surface area contributed by atoms with E-state index in [1.165, 1.54) is 16.0 Å². The first kappa shape index (κ1) is 21.6. The lowest BCUT2D eigenvalue weighted by Crippen LogP contribution is -2.46. The van der Waals surface area contributed by atoms with Crippen LogP contribution in [0.1, 0.15) is 37.8 Å². The molecular weight excluding hydrogens is 481 g/mol. The van der Waals surface area contributed by atoms with Crippen LogP contribution in [0, 0.1) is 0 Å². The van der Waals surface area contributed by atoms with E-state index in [-0.39, 0.29) is 12.5 Å². The van der Waals surface area contributed by atoms with Gasteiger partial charge in [-0.1, -0.05) is 71.1 Å². The van der Waals surface area contributed by atoms with E-state index >= 15 is 0 Å². The van der Waals surface area contributed by atoms with Crippen LogP contribution in [0.15, 0.2) is 48.5 Å². The number of fused-ring (bicyclic) bond motifs is 3. The topological polar surface area (TPSA) is 55.8 Å². The second-order valence-corrected chi connectivity index (χ2v) is 9.00. The summed E-state index contributed by atoms with van der Waals surface area (Å²) in [5, 5.41) is 0. The van der Waals surface area contributed by atoms with Crippen LogP contribution in [0.25, 0.3) is 11.1 Å². The second kappa shape index (κ2) is 8.73. The highest BCUT2D eigenvalue weighted by Crippen LogP contribution is 2.44. The van der Waals surface area contributed by atoms with Crippen molar-refractivity contribution in [3.05, 3.63) is 59.7 Å². The molecule has 0 unspecified atom stereocenters. The summed E-state index contributed by atoms with van der Waals surface area (Å²) in [7, 11) is 1.58. The highest BCUT2D eigenvalue weighted by atomic mass is 127. The van der Waals surface area contributed by atoms with Crippen molar-refractivity contribution in [2.45, 2.75) is 38.3 Å². The molecule has 1 atom stereocenters. The zero-order valence-corrected chi connectivity index (χ0v) is 19.3. The third-order valence-electron chi connectivity index (χ3n) is 4.92. The standard InChI is InChI=1S/C23H26INO4/c1-23(2,3)29-21(26)20(13-24)25(4)22(27)28-14-19-17-11-7-5-9-15(17)16-10-6-8-12-18(16)19/h5-12,19-20H,13-14H2,1-4H3/t20-/m0/s1. The number of amides is 1. The molecule has 3 rings (SSSR count). The maximum atomic E-state index is 12.7. The average Bonchev–Trinajstić information content (AvgIpc) is 2.99. The molecule has 0 aliphatic heterocycles. The lowest BCUT2D eigenvalue weighted by atomic mass is 9.98. The van der Waals surface area contributed by atoms with Crippen LogP contribution in [0.4, 0.5) is 4.79 Å². The summed E-state index contributed by atoms with van der Waals surface area (Å²) in [4.78, 5) is 26.5. The molecule has 0 N–H and O–H groups in total. The normalized spacial score (nSPS) is 14.0. The van der Waals surface area contributed by atoms with E-state index in [1.54, 1.807) is 7.05 Å². The van der Waals surface area contributed by atoms with E-state index in [0.29, 0.717) is 4.43 Å². The minimum absolute atomic E-state index is 0.0145. The number of esters is 1. The Kier molecular flexibility index (Phi) is 6.51. The minimum Gasteiger partial charge on any atom is -0.458 e. The molecule has 1 aliphatic carbocycles. The highest BCUT2D eigenvalue weighted by Gasteiger charge is 2.33. The predicted octanol–water partition coefficient (Wildman–Crippen LogP) is 5.01. The van der Waals surface area contributed by atoms with Crippen molar-refractivity contribution in [3.63, 3.8) is 0 Å². The molecule has 0 aromatic heterocycles. The van der Waals surface area contributed by atoms with Crippen molar-refractivity contribution < 1.29 is 19.1 Å². The van der Waals surface area contributed by atoms with Crippen LogP contribution in [0.3, 0.4) is 0 Å².